The van der Waals surface area contributed by atoms with E-state index in [0.717, 1.165) is 0 Å². The predicted molar refractivity (Wildman–Crippen MR) is 27.2 cm³/mol. The maximum Gasteiger partial charge on any atom is 0.192 e. The van der Waals surface area contributed by atoms with Crippen molar-refractivity contribution in [2.45, 2.75) is 31.8 Å². The molecule has 0 aromatic carbocycles. The van der Waals surface area contributed by atoms with E-state index in [0.29, 0.717) is 0 Å². The van der Waals surface area contributed by atoms with Crippen LogP contribution < -0.4 is 0 Å². The van der Waals surface area contributed by atoms with Crippen LogP contribution in [0, 0.1) is 0 Å². The second-order valence-electron chi connectivity index (χ2n) is 2.32. The van der Waals surface area contributed by atoms with Gasteiger partial charge in [0.15, 0.2) is 5.79 Å². The third kappa shape index (κ3) is 0.632. The van der Waals surface area contributed by atoms with E-state index in [1.807, 2.05) is 0 Å². The first-order chi connectivity index (χ1) is 3.54. The minimum Gasteiger partial charge on any atom is -0.385 e. The lowest BCUT2D eigenvalue weighted by Crippen LogP contribution is -2.61. The van der Waals surface area contributed by atoms with Crippen molar-refractivity contribution in [3.8, 4) is 0 Å². The average Bonchev–Trinajstić information content (AvgIpc) is 1.65. The molecule has 0 aromatic rings. The maximum atomic E-state index is 8.88. The van der Waals surface area contributed by atoms with Crippen LogP contribution in [0.1, 0.15) is 13.8 Å². The van der Waals surface area contributed by atoms with Crippen molar-refractivity contribution in [3.05, 3.63) is 0 Å². The van der Waals surface area contributed by atoms with Crippen molar-refractivity contribution in [2.75, 3.05) is 0 Å². The van der Waals surface area contributed by atoms with Gasteiger partial charge in [0.1, 0.15) is 6.10 Å². The molecule has 1 aliphatic heterocycles. The van der Waals surface area contributed by atoms with Gasteiger partial charge < -0.3 is 14.9 Å². The van der Waals surface area contributed by atoms with E-state index in [1.165, 1.54) is 6.92 Å². The molecule has 1 saturated heterocycles. The molecule has 3 atom stereocenters. The number of hydrogen-bond donors (Lipinski definition) is 2. The Morgan fingerprint density at radius 1 is 1.62 bits per heavy atom. The van der Waals surface area contributed by atoms with E-state index in [4.69, 9.17) is 14.9 Å². The quantitative estimate of drug-likeness (QED) is 0.449. The van der Waals surface area contributed by atoms with E-state index in [-0.39, 0.29) is 6.10 Å². The standard InChI is InChI=1S/C5H10O3/c1-3-4(6)5(2,7)8-3/h3-4,6-7H,1-2H3. The van der Waals surface area contributed by atoms with Crippen LogP contribution in [0.4, 0.5) is 0 Å². The first kappa shape index (κ1) is 6.01. The summed E-state index contributed by atoms with van der Waals surface area (Å²) in [6, 6.07) is 0. The second kappa shape index (κ2) is 1.43. The molecule has 0 spiro atoms. The zero-order chi connectivity index (χ0) is 6.36. The lowest BCUT2D eigenvalue weighted by Gasteiger charge is -2.44. The van der Waals surface area contributed by atoms with Gasteiger partial charge in [-0.1, -0.05) is 0 Å². The summed E-state index contributed by atoms with van der Waals surface area (Å²) < 4.78 is 4.74. The Morgan fingerprint density at radius 2 is 2.12 bits per heavy atom. The van der Waals surface area contributed by atoms with Gasteiger partial charge in [0.2, 0.25) is 0 Å². The lowest BCUT2D eigenvalue weighted by molar-refractivity contribution is -0.368. The molecule has 1 aliphatic rings. The van der Waals surface area contributed by atoms with Crippen LogP contribution in [-0.2, 0) is 4.74 Å². The molecule has 0 saturated carbocycles. The Bertz CT molecular complexity index is 99.8. The van der Waals surface area contributed by atoms with Gasteiger partial charge in [-0.05, 0) is 13.8 Å². The van der Waals surface area contributed by atoms with Crippen LogP contribution in [0.5, 0.6) is 0 Å². The molecule has 0 aromatic heterocycles. The molecule has 8 heavy (non-hydrogen) atoms. The van der Waals surface area contributed by atoms with Gasteiger partial charge in [-0.2, -0.15) is 0 Å². The third-order valence-electron chi connectivity index (χ3n) is 1.42. The molecule has 0 bridgehead atoms. The fourth-order valence-electron chi connectivity index (χ4n) is 0.874. The van der Waals surface area contributed by atoms with Gasteiger partial charge in [-0.3, -0.25) is 0 Å². The maximum absolute atomic E-state index is 8.88. The summed E-state index contributed by atoms with van der Waals surface area (Å²) in [5.41, 5.74) is 0. The molecule has 0 aliphatic carbocycles. The van der Waals surface area contributed by atoms with Crippen molar-refractivity contribution in [2.24, 2.45) is 0 Å². The highest BCUT2D eigenvalue weighted by Gasteiger charge is 2.47. The smallest absolute Gasteiger partial charge is 0.192 e. The molecule has 2 N–H and O–H groups in total. The summed E-state index contributed by atoms with van der Waals surface area (Å²) in [6.45, 7) is 3.15. The summed E-state index contributed by atoms with van der Waals surface area (Å²) in [5.74, 6) is -1.29. The molecule has 3 nitrogen and oxygen atoms in total. The molecule has 1 rings (SSSR count). The van der Waals surface area contributed by atoms with Gasteiger partial charge in [-0.15, -0.1) is 0 Å². The summed E-state index contributed by atoms with van der Waals surface area (Å²) in [4.78, 5) is 0. The molecule has 1 heterocycles. The van der Waals surface area contributed by atoms with Crippen molar-refractivity contribution in [3.63, 3.8) is 0 Å². The molecular weight excluding hydrogens is 108 g/mol. The Balaban J connectivity index is 2.47. The summed E-state index contributed by atoms with van der Waals surface area (Å²) in [5, 5.41) is 17.7. The highest BCUT2D eigenvalue weighted by molar-refractivity contribution is 4.87. The Morgan fingerprint density at radius 3 is 2.12 bits per heavy atom. The van der Waals surface area contributed by atoms with E-state index < -0.39 is 11.9 Å². The number of aliphatic hydroxyl groups excluding tert-OH is 1. The van der Waals surface area contributed by atoms with Gasteiger partial charge in [0.25, 0.3) is 0 Å². The van der Waals surface area contributed by atoms with Gasteiger partial charge in [0.05, 0.1) is 6.10 Å². The topological polar surface area (TPSA) is 49.7 Å². The molecule has 0 radical (unpaired) electrons. The first-order valence-corrected chi connectivity index (χ1v) is 2.62. The monoisotopic (exact) mass is 118 g/mol. The lowest BCUT2D eigenvalue weighted by atomic mass is 10.0. The minimum absolute atomic E-state index is 0.218. The fraction of sp³-hybridized carbons (Fsp3) is 1.00. The van der Waals surface area contributed by atoms with Crippen LogP contribution >= 0.6 is 0 Å². The zero-order valence-electron chi connectivity index (χ0n) is 4.96. The Hall–Kier alpha value is -0.120. The SMILES string of the molecule is CC1OC(C)(O)C1O. The molecule has 1 fully saturated rings. The number of aliphatic hydroxyl groups is 2. The summed E-state index contributed by atoms with van der Waals surface area (Å²) in [7, 11) is 0. The zero-order valence-corrected chi connectivity index (χ0v) is 4.96. The molecule has 3 heteroatoms. The minimum atomic E-state index is -1.29. The molecule has 48 valence electrons. The molecule has 3 unspecified atom stereocenters. The highest BCUT2D eigenvalue weighted by atomic mass is 16.7. The van der Waals surface area contributed by atoms with Crippen LogP contribution in [0.25, 0.3) is 0 Å². The van der Waals surface area contributed by atoms with Crippen LogP contribution in [-0.4, -0.2) is 28.2 Å². The van der Waals surface area contributed by atoms with Gasteiger partial charge in [0, 0.05) is 0 Å². The van der Waals surface area contributed by atoms with Crippen LogP contribution in [0.15, 0.2) is 0 Å². The Labute approximate surface area is 47.9 Å². The van der Waals surface area contributed by atoms with E-state index in [2.05, 4.69) is 0 Å². The molecular formula is C5H10O3. The summed E-state index contributed by atoms with van der Waals surface area (Å²) >= 11 is 0. The van der Waals surface area contributed by atoms with E-state index >= 15 is 0 Å². The molecule has 0 amide bonds. The van der Waals surface area contributed by atoms with Crippen molar-refractivity contribution < 1.29 is 14.9 Å². The van der Waals surface area contributed by atoms with Crippen LogP contribution in [0.3, 0.4) is 0 Å². The van der Waals surface area contributed by atoms with Gasteiger partial charge >= 0.3 is 0 Å². The van der Waals surface area contributed by atoms with Gasteiger partial charge in [-0.25, -0.2) is 0 Å². The fourth-order valence-corrected chi connectivity index (χ4v) is 0.874. The van der Waals surface area contributed by atoms with Crippen molar-refractivity contribution in [1.29, 1.82) is 0 Å². The predicted octanol–water partition coefficient (Wildman–Crippen LogP) is -0.526. The summed E-state index contributed by atoms with van der Waals surface area (Å²) in [6.07, 6.45) is -0.938. The number of ether oxygens (including phenoxy) is 1. The second-order valence-corrected chi connectivity index (χ2v) is 2.32. The number of rotatable bonds is 0. The van der Waals surface area contributed by atoms with Crippen molar-refractivity contribution >= 4 is 0 Å². The van der Waals surface area contributed by atoms with Crippen molar-refractivity contribution in [1.82, 2.24) is 0 Å². The largest absolute Gasteiger partial charge is 0.385 e. The normalized spacial score (nSPS) is 55.5. The Kier molecular flexibility index (Phi) is 1.08. The average molecular weight is 118 g/mol. The highest BCUT2D eigenvalue weighted by Crippen LogP contribution is 2.29. The van der Waals surface area contributed by atoms with Crippen LogP contribution in [0.2, 0.25) is 0 Å². The van der Waals surface area contributed by atoms with E-state index in [1.54, 1.807) is 6.92 Å². The first-order valence-electron chi connectivity index (χ1n) is 2.62. The number of hydrogen-bond acceptors (Lipinski definition) is 3. The third-order valence-corrected chi connectivity index (χ3v) is 1.42. The van der Waals surface area contributed by atoms with E-state index in [9.17, 15) is 0 Å².